The number of hydrogen-bond acceptors (Lipinski definition) is 1. The van der Waals surface area contributed by atoms with Crippen LogP contribution in [0.4, 0.5) is 13.2 Å². The van der Waals surface area contributed by atoms with Crippen molar-refractivity contribution in [3.05, 3.63) is 0 Å². The van der Waals surface area contributed by atoms with E-state index in [4.69, 9.17) is 0 Å². The van der Waals surface area contributed by atoms with Gasteiger partial charge in [0.15, 0.2) is 0 Å². The van der Waals surface area contributed by atoms with Gasteiger partial charge in [-0.3, -0.25) is 4.79 Å². The number of hydrogen-bond donors (Lipinski definition) is 0. The van der Waals surface area contributed by atoms with E-state index in [1.807, 2.05) is 6.92 Å². The molecule has 100 valence electrons. The fourth-order valence-electron chi connectivity index (χ4n) is 2.14. The van der Waals surface area contributed by atoms with Gasteiger partial charge in [-0.2, -0.15) is 13.2 Å². The van der Waals surface area contributed by atoms with E-state index in [-0.39, 0.29) is 18.7 Å². The molecule has 0 N–H and O–H groups in total. The molecule has 0 saturated carbocycles. The third kappa shape index (κ3) is 4.56. The Balaban J connectivity index is 2.49. The van der Waals surface area contributed by atoms with E-state index in [1.165, 1.54) is 0 Å². The minimum absolute atomic E-state index is 0.0690. The minimum atomic E-state index is -4.25. The lowest BCUT2D eigenvalue weighted by Crippen LogP contribution is -2.33. The number of unbranched alkanes of at least 4 members (excludes halogenated alkanes) is 1. The molecule has 0 spiro atoms. The van der Waals surface area contributed by atoms with Crippen LogP contribution in [-0.4, -0.2) is 30.1 Å². The predicted molar refractivity (Wildman–Crippen MR) is 59.5 cm³/mol. The number of nitrogens with zero attached hydrogens (tertiary/aromatic N) is 1. The molecule has 0 aromatic rings. The highest BCUT2D eigenvalue weighted by Gasteiger charge is 2.40. The Morgan fingerprint density at radius 3 is 2.35 bits per heavy atom. The van der Waals surface area contributed by atoms with Crippen LogP contribution in [0.1, 0.15) is 45.4 Å². The third-order valence-corrected chi connectivity index (χ3v) is 3.25. The average molecular weight is 251 g/mol. The molecule has 0 aliphatic carbocycles. The second-order valence-corrected chi connectivity index (χ2v) is 4.67. The Morgan fingerprint density at radius 2 is 1.88 bits per heavy atom. The van der Waals surface area contributed by atoms with Crippen molar-refractivity contribution < 1.29 is 18.0 Å². The maximum Gasteiger partial charge on any atom is 0.392 e. The van der Waals surface area contributed by atoms with Crippen molar-refractivity contribution in [1.82, 2.24) is 4.90 Å². The Bertz CT molecular complexity index is 247. The summed E-state index contributed by atoms with van der Waals surface area (Å²) < 4.78 is 38.2. The van der Waals surface area contributed by atoms with Crippen LogP contribution < -0.4 is 0 Å². The minimum Gasteiger partial charge on any atom is -0.343 e. The number of halogens is 3. The molecule has 0 aromatic heterocycles. The van der Waals surface area contributed by atoms with Gasteiger partial charge in [0, 0.05) is 19.5 Å². The molecular formula is C12H20F3NO. The zero-order valence-electron chi connectivity index (χ0n) is 10.2. The van der Waals surface area contributed by atoms with Crippen molar-refractivity contribution in [1.29, 1.82) is 0 Å². The van der Waals surface area contributed by atoms with Gasteiger partial charge in [-0.25, -0.2) is 0 Å². The second-order valence-electron chi connectivity index (χ2n) is 4.67. The smallest absolute Gasteiger partial charge is 0.343 e. The van der Waals surface area contributed by atoms with Gasteiger partial charge in [0.1, 0.15) is 0 Å². The van der Waals surface area contributed by atoms with Gasteiger partial charge in [0.05, 0.1) is 5.92 Å². The van der Waals surface area contributed by atoms with E-state index >= 15 is 0 Å². The summed E-state index contributed by atoms with van der Waals surface area (Å²) in [5.41, 5.74) is 0. The van der Waals surface area contributed by atoms with Crippen LogP contribution in [0.5, 0.6) is 0 Å². The van der Waals surface area contributed by atoms with E-state index < -0.39 is 12.1 Å². The molecular weight excluding hydrogens is 231 g/mol. The highest BCUT2D eigenvalue weighted by molar-refractivity contribution is 5.76. The Hall–Kier alpha value is -0.740. The monoisotopic (exact) mass is 251 g/mol. The molecule has 1 fully saturated rings. The molecule has 0 aromatic carbocycles. The van der Waals surface area contributed by atoms with Crippen LogP contribution in [0.25, 0.3) is 0 Å². The van der Waals surface area contributed by atoms with Crippen molar-refractivity contribution in [2.75, 3.05) is 13.1 Å². The van der Waals surface area contributed by atoms with Gasteiger partial charge in [-0.15, -0.1) is 0 Å². The normalized spacial score (nSPS) is 18.5. The van der Waals surface area contributed by atoms with Crippen LogP contribution in [0.2, 0.25) is 0 Å². The van der Waals surface area contributed by atoms with E-state index in [0.717, 1.165) is 19.3 Å². The first-order valence-corrected chi connectivity index (χ1v) is 6.29. The summed E-state index contributed by atoms with van der Waals surface area (Å²) in [6.45, 7) is 3.10. The molecule has 1 unspecified atom stereocenters. The van der Waals surface area contributed by atoms with Crippen LogP contribution >= 0.6 is 0 Å². The van der Waals surface area contributed by atoms with Crippen LogP contribution in [0, 0.1) is 5.92 Å². The van der Waals surface area contributed by atoms with Crippen LogP contribution in [0.15, 0.2) is 0 Å². The second kappa shape index (κ2) is 6.26. The van der Waals surface area contributed by atoms with Crippen molar-refractivity contribution in [3.63, 3.8) is 0 Å². The summed E-state index contributed by atoms with van der Waals surface area (Å²) in [5.74, 6) is -1.79. The van der Waals surface area contributed by atoms with Gasteiger partial charge in [-0.1, -0.05) is 19.8 Å². The lowest BCUT2D eigenvalue weighted by Gasteiger charge is -2.22. The molecule has 1 aliphatic heterocycles. The molecule has 2 nitrogen and oxygen atoms in total. The van der Waals surface area contributed by atoms with Crippen molar-refractivity contribution in [3.8, 4) is 0 Å². The quantitative estimate of drug-likeness (QED) is 0.733. The fourth-order valence-corrected chi connectivity index (χ4v) is 2.14. The molecule has 0 bridgehead atoms. The molecule has 1 saturated heterocycles. The molecule has 5 heteroatoms. The molecule has 1 atom stereocenters. The van der Waals surface area contributed by atoms with Gasteiger partial charge in [-0.05, 0) is 19.3 Å². The third-order valence-electron chi connectivity index (χ3n) is 3.25. The number of rotatable bonds is 5. The van der Waals surface area contributed by atoms with Gasteiger partial charge < -0.3 is 4.90 Å². The van der Waals surface area contributed by atoms with Gasteiger partial charge >= 0.3 is 6.18 Å². The lowest BCUT2D eigenvalue weighted by molar-refractivity contribution is -0.182. The maximum atomic E-state index is 12.7. The number of carbonyl (C=O) groups is 1. The van der Waals surface area contributed by atoms with E-state index in [1.54, 1.807) is 4.90 Å². The standard InChI is InChI=1S/C12H20F3NO/c1-2-3-6-10(12(13,14)15)9-11(17)16-7-4-5-8-16/h10H,2-9H2,1H3. The first kappa shape index (κ1) is 14.3. The van der Waals surface area contributed by atoms with E-state index in [0.29, 0.717) is 19.5 Å². The predicted octanol–water partition coefficient (Wildman–Crippen LogP) is 3.37. The first-order chi connectivity index (χ1) is 7.95. The SMILES string of the molecule is CCCCC(CC(=O)N1CCCC1)C(F)(F)F. The molecule has 17 heavy (non-hydrogen) atoms. The highest BCUT2D eigenvalue weighted by atomic mass is 19.4. The van der Waals surface area contributed by atoms with E-state index in [2.05, 4.69) is 0 Å². The Morgan fingerprint density at radius 1 is 1.29 bits per heavy atom. The van der Waals surface area contributed by atoms with Crippen molar-refractivity contribution >= 4 is 5.91 Å². The number of alkyl halides is 3. The van der Waals surface area contributed by atoms with Crippen molar-refractivity contribution in [2.45, 2.75) is 51.6 Å². The zero-order chi connectivity index (χ0) is 12.9. The topological polar surface area (TPSA) is 20.3 Å². The van der Waals surface area contributed by atoms with Crippen molar-refractivity contribution in [2.24, 2.45) is 5.92 Å². The first-order valence-electron chi connectivity index (χ1n) is 6.29. The largest absolute Gasteiger partial charge is 0.392 e. The summed E-state index contributed by atoms with van der Waals surface area (Å²) in [7, 11) is 0. The molecule has 1 amide bonds. The summed E-state index contributed by atoms with van der Waals surface area (Å²) in [5, 5.41) is 0. The van der Waals surface area contributed by atoms with Gasteiger partial charge in [0.2, 0.25) is 5.91 Å². The van der Waals surface area contributed by atoms with Crippen LogP contribution in [0.3, 0.4) is 0 Å². The summed E-state index contributed by atoms with van der Waals surface area (Å²) >= 11 is 0. The molecule has 1 rings (SSSR count). The summed E-state index contributed by atoms with van der Waals surface area (Å²) in [6, 6.07) is 0. The fraction of sp³-hybridized carbons (Fsp3) is 0.917. The highest BCUT2D eigenvalue weighted by Crippen LogP contribution is 2.33. The van der Waals surface area contributed by atoms with Crippen LogP contribution in [-0.2, 0) is 4.79 Å². The number of likely N-dealkylation sites (tertiary alicyclic amines) is 1. The average Bonchev–Trinajstić information content (AvgIpc) is 2.75. The number of amides is 1. The maximum absolute atomic E-state index is 12.7. The Kier molecular flexibility index (Phi) is 5.28. The molecule has 1 heterocycles. The summed E-state index contributed by atoms with van der Waals surface area (Å²) in [4.78, 5) is 13.3. The Labute approximate surface area is 100 Å². The van der Waals surface area contributed by atoms with E-state index in [9.17, 15) is 18.0 Å². The lowest BCUT2D eigenvalue weighted by atomic mass is 9.97. The summed E-state index contributed by atoms with van der Waals surface area (Å²) in [6.07, 6.45) is -1.47. The molecule has 0 radical (unpaired) electrons. The zero-order valence-corrected chi connectivity index (χ0v) is 10.2. The van der Waals surface area contributed by atoms with Gasteiger partial charge in [0.25, 0.3) is 0 Å². The molecule has 1 aliphatic rings. The number of carbonyl (C=O) groups excluding carboxylic acids is 1.